The minimum Gasteiger partial charge on any atom is -0.493 e. The molecule has 20 heavy (non-hydrogen) atoms. The molecule has 0 bridgehead atoms. The fourth-order valence-corrected chi connectivity index (χ4v) is 2.13. The summed E-state index contributed by atoms with van der Waals surface area (Å²) < 4.78 is 10.6. The van der Waals surface area contributed by atoms with Gasteiger partial charge in [-0.2, -0.15) is 0 Å². The monoisotopic (exact) mass is 275 g/mol. The zero-order valence-corrected chi connectivity index (χ0v) is 12.7. The Kier molecular flexibility index (Phi) is 7.60. The van der Waals surface area contributed by atoms with Crippen molar-refractivity contribution >= 4 is 0 Å². The van der Waals surface area contributed by atoms with E-state index in [0.717, 1.165) is 43.7 Å². The maximum absolute atomic E-state index is 5.32. The van der Waals surface area contributed by atoms with Gasteiger partial charge in [0, 0.05) is 12.5 Å². The Hall–Kier alpha value is -1.66. The fourth-order valence-electron chi connectivity index (χ4n) is 2.13. The summed E-state index contributed by atoms with van der Waals surface area (Å²) >= 11 is 0. The highest BCUT2D eigenvalue weighted by Crippen LogP contribution is 2.27. The Morgan fingerprint density at radius 1 is 1.20 bits per heavy atom. The summed E-state index contributed by atoms with van der Waals surface area (Å²) in [6.45, 7) is 3.20. The molecule has 0 amide bonds. The van der Waals surface area contributed by atoms with E-state index in [1.54, 1.807) is 14.2 Å². The van der Waals surface area contributed by atoms with Crippen LogP contribution in [0.1, 0.15) is 31.7 Å². The van der Waals surface area contributed by atoms with Gasteiger partial charge in [-0.05, 0) is 50.4 Å². The highest BCUT2D eigenvalue weighted by molar-refractivity contribution is 5.43. The number of ether oxygens (including phenoxy) is 2. The number of nitrogens with one attached hydrogen (secondary N) is 1. The topological polar surface area (TPSA) is 30.5 Å². The molecule has 0 aliphatic heterocycles. The molecule has 3 nitrogen and oxygen atoms in total. The summed E-state index contributed by atoms with van der Waals surface area (Å²) in [5, 5.41) is 3.52. The molecule has 3 heteroatoms. The molecular formula is C17H25NO2. The molecule has 0 radical (unpaired) electrons. The lowest BCUT2D eigenvalue weighted by Crippen LogP contribution is -2.28. The molecule has 0 aliphatic rings. The highest BCUT2D eigenvalue weighted by atomic mass is 16.5. The Labute approximate surface area is 122 Å². The molecule has 0 fully saturated rings. The van der Waals surface area contributed by atoms with Crippen LogP contribution in [0.5, 0.6) is 11.5 Å². The van der Waals surface area contributed by atoms with Crippen LogP contribution in [-0.2, 0) is 6.42 Å². The Morgan fingerprint density at radius 3 is 2.60 bits per heavy atom. The van der Waals surface area contributed by atoms with Crippen molar-refractivity contribution in [3.05, 3.63) is 23.8 Å². The minimum absolute atomic E-state index is 0.430. The SMILES string of the molecule is C#CCCCCNC(C)Cc1ccc(OC)c(OC)c1. The van der Waals surface area contributed by atoms with E-state index in [1.807, 2.05) is 12.1 Å². The van der Waals surface area contributed by atoms with Crippen LogP contribution in [0.3, 0.4) is 0 Å². The summed E-state index contributed by atoms with van der Waals surface area (Å²) in [7, 11) is 3.31. The van der Waals surface area contributed by atoms with E-state index in [9.17, 15) is 0 Å². The van der Waals surface area contributed by atoms with Crippen molar-refractivity contribution in [1.82, 2.24) is 5.32 Å². The van der Waals surface area contributed by atoms with Crippen LogP contribution in [0.2, 0.25) is 0 Å². The van der Waals surface area contributed by atoms with Gasteiger partial charge in [-0.15, -0.1) is 12.3 Å². The smallest absolute Gasteiger partial charge is 0.160 e. The molecule has 110 valence electrons. The Morgan fingerprint density at radius 2 is 1.95 bits per heavy atom. The molecule has 0 saturated heterocycles. The molecule has 1 rings (SSSR count). The molecule has 1 atom stereocenters. The number of benzene rings is 1. The second-order valence-electron chi connectivity index (χ2n) is 4.91. The largest absolute Gasteiger partial charge is 0.493 e. The number of rotatable bonds is 9. The number of hydrogen-bond acceptors (Lipinski definition) is 3. The van der Waals surface area contributed by atoms with E-state index in [1.165, 1.54) is 5.56 Å². The molecule has 0 spiro atoms. The van der Waals surface area contributed by atoms with Crippen LogP contribution in [0, 0.1) is 12.3 Å². The van der Waals surface area contributed by atoms with Gasteiger partial charge in [0.2, 0.25) is 0 Å². The number of unbranched alkanes of at least 4 members (excludes halogenated alkanes) is 2. The van der Waals surface area contributed by atoms with Crippen molar-refractivity contribution < 1.29 is 9.47 Å². The second-order valence-corrected chi connectivity index (χ2v) is 4.91. The zero-order chi connectivity index (χ0) is 14.8. The van der Waals surface area contributed by atoms with Crippen molar-refractivity contribution in [3.8, 4) is 23.8 Å². The third-order valence-corrected chi connectivity index (χ3v) is 3.23. The number of terminal acetylenes is 1. The Balaban J connectivity index is 2.41. The summed E-state index contributed by atoms with van der Waals surface area (Å²) in [6.07, 6.45) is 9.28. The van der Waals surface area contributed by atoms with E-state index in [2.05, 4.69) is 24.2 Å². The number of hydrogen-bond donors (Lipinski definition) is 1. The average Bonchev–Trinajstić information content (AvgIpc) is 2.46. The third kappa shape index (κ3) is 5.54. The molecule has 1 aromatic rings. The molecule has 0 aromatic heterocycles. The van der Waals surface area contributed by atoms with Crippen LogP contribution >= 0.6 is 0 Å². The first-order valence-corrected chi connectivity index (χ1v) is 7.09. The van der Waals surface area contributed by atoms with E-state index in [0.29, 0.717) is 6.04 Å². The standard InChI is InChI=1S/C17H25NO2/c1-5-6-7-8-11-18-14(2)12-15-9-10-16(19-3)17(13-15)20-4/h1,9-10,13-14,18H,6-8,11-12H2,2-4H3. The van der Waals surface area contributed by atoms with Gasteiger partial charge in [0.25, 0.3) is 0 Å². The van der Waals surface area contributed by atoms with Gasteiger partial charge in [-0.3, -0.25) is 0 Å². The van der Waals surface area contributed by atoms with Crippen LogP contribution in [-0.4, -0.2) is 26.8 Å². The zero-order valence-electron chi connectivity index (χ0n) is 12.7. The van der Waals surface area contributed by atoms with Gasteiger partial charge in [-0.1, -0.05) is 6.07 Å². The average molecular weight is 275 g/mol. The second kappa shape index (κ2) is 9.28. The third-order valence-electron chi connectivity index (χ3n) is 3.23. The Bertz CT molecular complexity index is 437. The van der Waals surface area contributed by atoms with Gasteiger partial charge in [0.05, 0.1) is 14.2 Å². The van der Waals surface area contributed by atoms with E-state index >= 15 is 0 Å². The van der Waals surface area contributed by atoms with Crippen molar-refractivity contribution in [3.63, 3.8) is 0 Å². The first kappa shape index (κ1) is 16.4. The number of methoxy groups -OCH3 is 2. The maximum atomic E-state index is 5.32. The lowest BCUT2D eigenvalue weighted by molar-refractivity contribution is 0.354. The normalized spacial score (nSPS) is 11.7. The quantitative estimate of drug-likeness (QED) is 0.555. The van der Waals surface area contributed by atoms with Crippen LogP contribution < -0.4 is 14.8 Å². The summed E-state index contributed by atoms with van der Waals surface area (Å²) in [5.74, 6) is 4.22. The van der Waals surface area contributed by atoms with E-state index in [4.69, 9.17) is 15.9 Å². The lowest BCUT2D eigenvalue weighted by Gasteiger charge is -2.15. The highest BCUT2D eigenvalue weighted by Gasteiger charge is 2.07. The molecule has 0 aliphatic carbocycles. The van der Waals surface area contributed by atoms with E-state index < -0.39 is 0 Å². The summed E-state index contributed by atoms with van der Waals surface area (Å²) in [5.41, 5.74) is 1.24. The van der Waals surface area contributed by atoms with Gasteiger partial charge in [0.1, 0.15) is 0 Å². The molecule has 1 N–H and O–H groups in total. The van der Waals surface area contributed by atoms with Gasteiger partial charge in [0.15, 0.2) is 11.5 Å². The van der Waals surface area contributed by atoms with Crippen LogP contribution in [0.25, 0.3) is 0 Å². The van der Waals surface area contributed by atoms with Crippen molar-refractivity contribution in [2.75, 3.05) is 20.8 Å². The predicted octanol–water partition coefficient (Wildman–Crippen LogP) is 3.03. The summed E-state index contributed by atoms with van der Waals surface area (Å²) in [4.78, 5) is 0. The summed E-state index contributed by atoms with van der Waals surface area (Å²) in [6, 6.07) is 6.50. The predicted molar refractivity (Wildman–Crippen MR) is 83.4 cm³/mol. The van der Waals surface area contributed by atoms with Crippen molar-refractivity contribution in [2.24, 2.45) is 0 Å². The first-order valence-electron chi connectivity index (χ1n) is 7.09. The molecule has 1 unspecified atom stereocenters. The van der Waals surface area contributed by atoms with Crippen molar-refractivity contribution in [1.29, 1.82) is 0 Å². The molecule has 1 aromatic carbocycles. The van der Waals surface area contributed by atoms with E-state index in [-0.39, 0.29) is 0 Å². The van der Waals surface area contributed by atoms with Gasteiger partial charge < -0.3 is 14.8 Å². The van der Waals surface area contributed by atoms with Crippen LogP contribution in [0.4, 0.5) is 0 Å². The molecule has 0 saturated carbocycles. The van der Waals surface area contributed by atoms with Gasteiger partial charge >= 0.3 is 0 Å². The maximum Gasteiger partial charge on any atom is 0.160 e. The minimum atomic E-state index is 0.430. The fraction of sp³-hybridized carbons (Fsp3) is 0.529. The lowest BCUT2D eigenvalue weighted by atomic mass is 10.1. The van der Waals surface area contributed by atoms with Crippen molar-refractivity contribution in [2.45, 2.75) is 38.6 Å². The first-order chi connectivity index (χ1) is 9.71. The van der Waals surface area contributed by atoms with Crippen LogP contribution in [0.15, 0.2) is 18.2 Å². The molecular weight excluding hydrogens is 250 g/mol. The van der Waals surface area contributed by atoms with Gasteiger partial charge in [-0.25, -0.2) is 0 Å². The molecule has 0 heterocycles.